The lowest BCUT2D eigenvalue weighted by Crippen LogP contribution is -2.39. The van der Waals surface area contributed by atoms with E-state index in [9.17, 15) is 5.11 Å². The highest BCUT2D eigenvalue weighted by molar-refractivity contribution is 5.37. The van der Waals surface area contributed by atoms with Gasteiger partial charge in [0.2, 0.25) is 0 Å². The van der Waals surface area contributed by atoms with E-state index in [0.29, 0.717) is 0 Å². The lowest BCUT2D eigenvalue weighted by Gasteiger charge is -2.35. The predicted molar refractivity (Wildman–Crippen MR) is 74.8 cm³/mol. The predicted octanol–water partition coefficient (Wildman–Crippen LogP) is 2.81. The minimum Gasteiger partial charge on any atom is -0.496 e. The molecule has 18 heavy (non-hydrogen) atoms. The van der Waals surface area contributed by atoms with Gasteiger partial charge >= 0.3 is 0 Å². The maximum absolute atomic E-state index is 9.21. The summed E-state index contributed by atoms with van der Waals surface area (Å²) in [7, 11) is 3.80. The van der Waals surface area contributed by atoms with Crippen molar-refractivity contribution < 1.29 is 9.84 Å². The Morgan fingerprint density at radius 1 is 1.33 bits per heavy atom. The summed E-state index contributed by atoms with van der Waals surface area (Å²) in [6.45, 7) is 7.54. The average Bonchev–Trinajstić information content (AvgIpc) is 2.38. The highest BCUT2D eigenvalue weighted by Gasteiger charge is 2.22. The number of aliphatic hydroxyl groups excluding tert-OH is 1. The van der Waals surface area contributed by atoms with E-state index in [4.69, 9.17) is 4.74 Å². The Morgan fingerprint density at radius 3 is 2.50 bits per heavy atom. The molecule has 102 valence electrons. The summed E-state index contributed by atoms with van der Waals surface area (Å²) in [4.78, 5) is 2.31. The highest BCUT2D eigenvalue weighted by Crippen LogP contribution is 2.25. The zero-order valence-electron chi connectivity index (χ0n) is 12.2. The monoisotopic (exact) mass is 251 g/mol. The fourth-order valence-corrected chi connectivity index (χ4v) is 1.79. The van der Waals surface area contributed by atoms with Crippen LogP contribution in [-0.2, 0) is 13.2 Å². The van der Waals surface area contributed by atoms with Crippen molar-refractivity contribution in [1.82, 2.24) is 4.90 Å². The minimum absolute atomic E-state index is 0.0673. The molecular formula is C15H25NO2. The van der Waals surface area contributed by atoms with Gasteiger partial charge in [0, 0.05) is 17.6 Å². The molecule has 0 atom stereocenters. The molecule has 0 radical (unpaired) electrons. The van der Waals surface area contributed by atoms with Gasteiger partial charge in [0.05, 0.1) is 13.7 Å². The maximum atomic E-state index is 9.21. The van der Waals surface area contributed by atoms with Crippen molar-refractivity contribution >= 4 is 0 Å². The van der Waals surface area contributed by atoms with Crippen LogP contribution in [0, 0.1) is 0 Å². The van der Waals surface area contributed by atoms with Crippen molar-refractivity contribution in [2.45, 2.75) is 45.9 Å². The molecule has 0 unspecified atom stereocenters. The molecule has 0 bridgehead atoms. The van der Waals surface area contributed by atoms with E-state index in [-0.39, 0.29) is 12.1 Å². The quantitative estimate of drug-likeness (QED) is 0.844. The normalized spacial score (nSPS) is 11.9. The van der Waals surface area contributed by atoms with Crippen LogP contribution in [0.1, 0.15) is 38.3 Å². The molecule has 0 saturated carbocycles. The van der Waals surface area contributed by atoms with Gasteiger partial charge in [-0.05, 0) is 45.0 Å². The van der Waals surface area contributed by atoms with Crippen LogP contribution in [0.2, 0.25) is 0 Å². The van der Waals surface area contributed by atoms with Crippen LogP contribution < -0.4 is 4.74 Å². The first-order valence-electron chi connectivity index (χ1n) is 6.42. The molecule has 1 aromatic rings. The molecule has 1 aromatic carbocycles. The Balaban J connectivity index is 2.95. The van der Waals surface area contributed by atoms with E-state index in [2.05, 4.69) is 32.7 Å². The van der Waals surface area contributed by atoms with Gasteiger partial charge in [-0.1, -0.05) is 13.0 Å². The second-order valence-corrected chi connectivity index (χ2v) is 5.33. The SMILES string of the molecule is CCC(C)(C)N(C)Cc1cc(CO)ccc1OC. The van der Waals surface area contributed by atoms with Gasteiger partial charge in [-0.2, -0.15) is 0 Å². The first-order valence-corrected chi connectivity index (χ1v) is 6.42. The molecule has 1 N–H and O–H groups in total. The summed E-state index contributed by atoms with van der Waals surface area (Å²) >= 11 is 0. The first-order chi connectivity index (χ1) is 8.44. The fraction of sp³-hybridized carbons (Fsp3) is 0.600. The standard InChI is InChI=1S/C15H25NO2/c1-6-15(2,3)16(4)10-13-9-12(11-17)7-8-14(13)18-5/h7-9,17H,6,10-11H2,1-5H3. The van der Waals surface area contributed by atoms with Crippen LogP contribution in [0.4, 0.5) is 0 Å². The molecule has 1 rings (SSSR count). The van der Waals surface area contributed by atoms with Crippen molar-refractivity contribution in [3.63, 3.8) is 0 Å². The summed E-state index contributed by atoms with van der Waals surface area (Å²) in [5.74, 6) is 0.881. The lowest BCUT2D eigenvalue weighted by molar-refractivity contribution is 0.141. The van der Waals surface area contributed by atoms with E-state index in [1.54, 1.807) is 7.11 Å². The van der Waals surface area contributed by atoms with E-state index in [0.717, 1.165) is 29.8 Å². The Labute approximate surface area is 110 Å². The van der Waals surface area contributed by atoms with E-state index < -0.39 is 0 Å². The van der Waals surface area contributed by atoms with Crippen molar-refractivity contribution in [1.29, 1.82) is 0 Å². The highest BCUT2D eigenvalue weighted by atomic mass is 16.5. The van der Waals surface area contributed by atoms with Gasteiger partial charge in [0.25, 0.3) is 0 Å². The molecule has 3 nitrogen and oxygen atoms in total. The average molecular weight is 251 g/mol. The Bertz CT molecular complexity index is 388. The molecule has 0 aromatic heterocycles. The van der Waals surface area contributed by atoms with Crippen molar-refractivity contribution in [2.24, 2.45) is 0 Å². The minimum atomic E-state index is 0.0673. The van der Waals surface area contributed by atoms with Crippen molar-refractivity contribution in [3.05, 3.63) is 29.3 Å². The summed E-state index contributed by atoms with van der Waals surface area (Å²) in [5, 5.41) is 9.21. The molecule has 0 heterocycles. The third-order valence-corrected chi connectivity index (χ3v) is 3.83. The molecule has 0 spiro atoms. The fourth-order valence-electron chi connectivity index (χ4n) is 1.79. The van der Waals surface area contributed by atoms with Crippen LogP contribution in [0.15, 0.2) is 18.2 Å². The Hall–Kier alpha value is -1.06. The second-order valence-electron chi connectivity index (χ2n) is 5.33. The molecule has 3 heteroatoms. The van der Waals surface area contributed by atoms with Crippen LogP contribution >= 0.6 is 0 Å². The van der Waals surface area contributed by atoms with E-state index in [1.807, 2.05) is 18.2 Å². The third-order valence-electron chi connectivity index (χ3n) is 3.83. The van der Waals surface area contributed by atoms with Gasteiger partial charge < -0.3 is 9.84 Å². The molecule has 0 aliphatic carbocycles. The Kier molecular flexibility index (Phi) is 5.17. The summed E-state index contributed by atoms with van der Waals surface area (Å²) in [6.07, 6.45) is 1.09. The largest absolute Gasteiger partial charge is 0.496 e. The third kappa shape index (κ3) is 3.47. The number of aliphatic hydroxyl groups is 1. The van der Waals surface area contributed by atoms with Crippen LogP contribution in [0.5, 0.6) is 5.75 Å². The summed E-state index contributed by atoms with van der Waals surface area (Å²) in [6, 6.07) is 5.84. The van der Waals surface area contributed by atoms with Crippen molar-refractivity contribution in [2.75, 3.05) is 14.2 Å². The van der Waals surface area contributed by atoms with E-state index in [1.165, 1.54) is 0 Å². The topological polar surface area (TPSA) is 32.7 Å². The van der Waals surface area contributed by atoms with Gasteiger partial charge in [0.15, 0.2) is 0 Å². The van der Waals surface area contributed by atoms with Gasteiger partial charge in [0.1, 0.15) is 5.75 Å². The first kappa shape index (κ1) is 15.0. The van der Waals surface area contributed by atoms with Crippen molar-refractivity contribution in [3.8, 4) is 5.75 Å². The number of rotatable bonds is 6. The lowest BCUT2D eigenvalue weighted by atomic mass is 9.98. The van der Waals surface area contributed by atoms with Gasteiger partial charge in [-0.3, -0.25) is 4.90 Å². The number of hydrogen-bond acceptors (Lipinski definition) is 3. The van der Waals surface area contributed by atoms with E-state index >= 15 is 0 Å². The summed E-state index contributed by atoms with van der Waals surface area (Å²) < 4.78 is 5.38. The molecule has 0 fully saturated rings. The number of methoxy groups -OCH3 is 1. The maximum Gasteiger partial charge on any atom is 0.123 e. The number of ether oxygens (including phenoxy) is 1. The molecule has 0 aliphatic heterocycles. The number of benzene rings is 1. The molecule has 0 aliphatic rings. The van der Waals surface area contributed by atoms with Gasteiger partial charge in [-0.25, -0.2) is 0 Å². The number of nitrogens with zero attached hydrogens (tertiary/aromatic N) is 1. The zero-order valence-corrected chi connectivity index (χ0v) is 12.2. The molecule has 0 saturated heterocycles. The van der Waals surface area contributed by atoms with Crippen LogP contribution in [0.25, 0.3) is 0 Å². The Morgan fingerprint density at radius 2 is 2.00 bits per heavy atom. The van der Waals surface area contributed by atoms with Crippen LogP contribution in [0.3, 0.4) is 0 Å². The summed E-state index contributed by atoms with van der Waals surface area (Å²) in [5.41, 5.74) is 2.20. The smallest absolute Gasteiger partial charge is 0.123 e. The molecular weight excluding hydrogens is 226 g/mol. The molecule has 0 amide bonds. The van der Waals surface area contributed by atoms with Gasteiger partial charge in [-0.15, -0.1) is 0 Å². The van der Waals surface area contributed by atoms with Crippen LogP contribution in [-0.4, -0.2) is 29.7 Å². The number of hydrogen-bond donors (Lipinski definition) is 1. The zero-order chi connectivity index (χ0) is 13.8. The second kappa shape index (κ2) is 6.21.